The molecule has 10 nitrogen and oxygen atoms in total. The number of carbonyl (C=O) groups is 2. The van der Waals surface area contributed by atoms with E-state index in [1.807, 2.05) is 0 Å². The molecule has 0 atom stereocenters. The zero-order valence-electron chi connectivity index (χ0n) is 15.1. The minimum absolute atomic E-state index is 0.0184. The molecular formula is C18H15N5O5S. The summed E-state index contributed by atoms with van der Waals surface area (Å²) in [6.07, 6.45) is 0. The van der Waals surface area contributed by atoms with Gasteiger partial charge in [-0.15, -0.1) is 10.2 Å². The average molecular weight is 413 g/mol. The fourth-order valence-corrected chi connectivity index (χ4v) is 2.87. The number of nitrogens with one attached hydrogen (secondary N) is 2. The molecule has 0 aliphatic rings. The summed E-state index contributed by atoms with van der Waals surface area (Å²) in [5.41, 5.74) is 1.62. The summed E-state index contributed by atoms with van der Waals surface area (Å²) in [6.45, 7) is 1.41. The number of non-ortho nitro benzene ring substituents is 1. The van der Waals surface area contributed by atoms with Gasteiger partial charge in [-0.1, -0.05) is 17.8 Å². The van der Waals surface area contributed by atoms with E-state index in [1.54, 1.807) is 24.3 Å². The Balaban J connectivity index is 1.57. The first-order chi connectivity index (χ1) is 13.9. The number of rotatable bonds is 7. The molecule has 2 amide bonds. The van der Waals surface area contributed by atoms with E-state index < -0.39 is 4.92 Å². The summed E-state index contributed by atoms with van der Waals surface area (Å²) in [5, 5.41) is 24.0. The summed E-state index contributed by atoms with van der Waals surface area (Å²) < 4.78 is 5.55. The zero-order valence-corrected chi connectivity index (χ0v) is 15.9. The number of carbonyl (C=O) groups excluding carboxylic acids is 2. The first kappa shape index (κ1) is 20.0. The predicted molar refractivity (Wildman–Crippen MR) is 106 cm³/mol. The van der Waals surface area contributed by atoms with Crippen LogP contribution >= 0.6 is 11.8 Å². The van der Waals surface area contributed by atoms with Crippen LogP contribution in [0.25, 0.3) is 11.5 Å². The Morgan fingerprint density at radius 2 is 1.86 bits per heavy atom. The van der Waals surface area contributed by atoms with Crippen LogP contribution in [0, 0.1) is 10.1 Å². The van der Waals surface area contributed by atoms with Gasteiger partial charge in [0.05, 0.1) is 10.7 Å². The highest BCUT2D eigenvalue weighted by atomic mass is 32.2. The monoisotopic (exact) mass is 413 g/mol. The summed E-state index contributed by atoms with van der Waals surface area (Å²) in [5.74, 6) is -0.237. The van der Waals surface area contributed by atoms with Gasteiger partial charge in [0.1, 0.15) is 0 Å². The van der Waals surface area contributed by atoms with Crippen molar-refractivity contribution in [1.29, 1.82) is 0 Å². The summed E-state index contributed by atoms with van der Waals surface area (Å²) in [7, 11) is 0. The highest BCUT2D eigenvalue weighted by Crippen LogP contribution is 2.25. The smallest absolute Gasteiger partial charge is 0.277 e. The van der Waals surface area contributed by atoms with Gasteiger partial charge in [0.2, 0.25) is 17.7 Å². The van der Waals surface area contributed by atoms with E-state index in [9.17, 15) is 19.7 Å². The molecule has 0 unspecified atom stereocenters. The largest absolute Gasteiger partial charge is 0.411 e. The molecule has 3 rings (SSSR count). The fourth-order valence-electron chi connectivity index (χ4n) is 2.31. The number of benzene rings is 2. The molecule has 148 valence electrons. The molecule has 0 spiro atoms. The van der Waals surface area contributed by atoms with Crippen molar-refractivity contribution in [3.63, 3.8) is 0 Å². The molecule has 1 aromatic heterocycles. The lowest BCUT2D eigenvalue weighted by Gasteiger charge is -2.03. The van der Waals surface area contributed by atoms with Gasteiger partial charge < -0.3 is 15.1 Å². The normalized spacial score (nSPS) is 10.4. The molecule has 0 bridgehead atoms. The lowest BCUT2D eigenvalue weighted by Crippen LogP contribution is -2.13. The van der Waals surface area contributed by atoms with Crippen molar-refractivity contribution < 1.29 is 18.9 Å². The lowest BCUT2D eigenvalue weighted by atomic mass is 10.2. The van der Waals surface area contributed by atoms with Crippen molar-refractivity contribution in [3.8, 4) is 11.5 Å². The second-order valence-corrected chi connectivity index (χ2v) is 6.70. The number of nitrogens with zero attached hydrogens (tertiary/aromatic N) is 3. The quantitative estimate of drug-likeness (QED) is 0.341. The molecule has 0 fully saturated rings. The lowest BCUT2D eigenvalue weighted by molar-refractivity contribution is -0.384. The van der Waals surface area contributed by atoms with Gasteiger partial charge in [-0.05, 0) is 30.3 Å². The van der Waals surface area contributed by atoms with Crippen LogP contribution < -0.4 is 10.6 Å². The minimum atomic E-state index is -0.513. The number of anilines is 2. The topological polar surface area (TPSA) is 140 Å². The van der Waals surface area contributed by atoms with Crippen molar-refractivity contribution in [2.45, 2.75) is 12.1 Å². The SMILES string of the molecule is CC(=O)Nc1cccc(-c2nnc(SCC(=O)Nc3ccc([N+](=O)[O-])cc3)o2)c1. The number of nitro benzene ring substituents is 1. The van der Waals surface area contributed by atoms with Gasteiger partial charge >= 0.3 is 0 Å². The standard InChI is InChI=1S/C18H15N5O5S/c1-11(24)19-14-4-2-3-12(9-14)17-21-22-18(28-17)29-10-16(25)20-13-5-7-15(8-6-13)23(26)27/h2-9H,10H2,1H3,(H,19,24)(H,20,25). The van der Waals surface area contributed by atoms with Crippen molar-refractivity contribution in [2.75, 3.05) is 16.4 Å². The third-order valence-electron chi connectivity index (χ3n) is 3.52. The highest BCUT2D eigenvalue weighted by Gasteiger charge is 2.12. The molecule has 29 heavy (non-hydrogen) atoms. The number of aromatic nitrogens is 2. The van der Waals surface area contributed by atoms with Gasteiger partial charge in [0.15, 0.2) is 0 Å². The van der Waals surface area contributed by atoms with E-state index in [1.165, 1.54) is 31.2 Å². The van der Waals surface area contributed by atoms with Crippen molar-refractivity contribution in [1.82, 2.24) is 10.2 Å². The molecule has 2 N–H and O–H groups in total. The zero-order chi connectivity index (χ0) is 20.8. The Morgan fingerprint density at radius 3 is 2.55 bits per heavy atom. The van der Waals surface area contributed by atoms with Gasteiger partial charge in [0.25, 0.3) is 10.9 Å². The van der Waals surface area contributed by atoms with E-state index >= 15 is 0 Å². The number of hydrogen-bond acceptors (Lipinski definition) is 8. The number of hydrogen-bond donors (Lipinski definition) is 2. The minimum Gasteiger partial charge on any atom is -0.411 e. The van der Waals surface area contributed by atoms with Gasteiger partial charge in [-0.2, -0.15) is 0 Å². The second kappa shape index (κ2) is 8.97. The molecule has 0 aliphatic carbocycles. The van der Waals surface area contributed by atoms with Crippen LogP contribution in [0.2, 0.25) is 0 Å². The van der Waals surface area contributed by atoms with Gasteiger partial charge in [0, 0.05) is 36.0 Å². The van der Waals surface area contributed by atoms with Gasteiger partial charge in [-0.25, -0.2) is 0 Å². The Labute approximate surface area is 168 Å². The Morgan fingerprint density at radius 1 is 1.10 bits per heavy atom. The molecule has 0 aliphatic heterocycles. The maximum Gasteiger partial charge on any atom is 0.277 e. The molecular weight excluding hydrogens is 398 g/mol. The third kappa shape index (κ3) is 5.62. The van der Waals surface area contributed by atoms with Crippen molar-refractivity contribution in [2.24, 2.45) is 0 Å². The number of amides is 2. The highest BCUT2D eigenvalue weighted by molar-refractivity contribution is 7.99. The summed E-state index contributed by atoms with van der Waals surface area (Å²) in [4.78, 5) is 33.3. The third-order valence-corrected chi connectivity index (χ3v) is 4.34. The maximum atomic E-state index is 12.0. The van der Waals surface area contributed by atoms with E-state index in [-0.39, 0.29) is 34.4 Å². The Bertz CT molecular complexity index is 1050. The molecule has 3 aromatic rings. The maximum absolute atomic E-state index is 12.0. The molecule has 2 aromatic carbocycles. The van der Waals surface area contributed by atoms with E-state index in [4.69, 9.17) is 4.42 Å². The Hall–Kier alpha value is -3.73. The Kier molecular flexibility index (Phi) is 6.19. The van der Waals surface area contributed by atoms with Gasteiger partial charge in [-0.3, -0.25) is 19.7 Å². The van der Waals surface area contributed by atoms with Crippen molar-refractivity contribution in [3.05, 3.63) is 58.6 Å². The van der Waals surface area contributed by atoms with Crippen LogP contribution in [-0.2, 0) is 9.59 Å². The van der Waals surface area contributed by atoms with Crippen LogP contribution in [0.5, 0.6) is 0 Å². The van der Waals surface area contributed by atoms with Crippen LogP contribution in [0.1, 0.15) is 6.92 Å². The first-order valence-electron chi connectivity index (χ1n) is 8.29. The molecule has 0 saturated heterocycles. The first-order valence-corrected chi connectivity index (χ1v) is 9.28. The van der Waals surface area contributed by atoms with Crippen LogP contribution in [0.4, 0.5) is 17.1 Å². The van der Waals surface area contributed by atoms with E-state index in [0.717, 1.165) is 11.8 Å². The van der Waals surface area contributed by atoms with E-state index in [0.29, 0.717) is 16.9 Å². The molecule has 11 heteroatoms. The van der Waals surface area contributed by atoms with Crippen LogP contribution in [-0.4, -0.2) is 32.7 Å². The summed E-state index contributed by atoms with van der Waals surface area (Å²) >= 11 is 1.06. The predicted octanol–water partition coefficient (Wildman–Crippen LogP) is 3.33. The van der Waals surface area contributed by atoms with E-state index in [2.05, 4.69) is 20.8 Å². The summed E-state index contributed by atoms with van der Waals surface area (Å²) in [6, 6.07) is 12.5. The fraction of sp³-hybridized carbons (Fsp3) is 0.111. The molecule has 0 radical (unpaired) electrons. The second-order valence-electron chi connectivity index (χ2n) is 5.78. The molecule has 0 saturated carbocycles. The van der Waals surface area contributed by atoms with Crippen molar-refractivity contribution >= 4 is 40.6 Å². The number of thioether (sulfide) groups is 1. The number of nitro groups is 1. The van der Waals surface area contributed by atoms with Crippen LogP contribution in [0.3, 0.4) is 0 Å². The average Bonchev–Trinajstić information content (AvgIpc) is 3.16. The molecule has 1 heterocycles. The van der Waals surface area contributed by atoms with Crippen LogP contribution in [0.15, 0.2) is 58.2 Å².